The Morgan fingerprint density at radius 1 is 0.943 bits per heavy atom. The van der Waals surface area contributed by atoms with Crippen LogP contribution in [0.15, 0.2) is 66.7 Å². The Kier molecular flexibility index (Phi) is 5.37. The molecule has 2 saturated heterocycles. The van der Waals surface area contributed by atoms with E-state index in [9.17, 15) is 18.7 Å². The van der Waals surface area contributed by atoms with E-state index in [-0.39, 0.29) is 42.7 Å². The molecule has 1 N–H and O–H groups in total. The molecule has 180 valence electrons. The van der Waals surface area contributed by atoms with Crippen LogP contribution in [0.25, 0.3) is 11.1 Å². The maximum atomic E-state index is 14.2. The van der Waals surface area contributed by atoms with Gasteiger partial charge in [0.05, 0.1) is 5.60 Å². The van der Waals surface area contributed by atoms with E-state index in [0.29, 0.717) is 12.8 Å². The highest BCUT2D eigenvalue weighted by atomic mass is 19.1. The van der Waals surface area contributed by atoms with Crippen LogP contribution in [0.4, 0.5) is 13.6 Å². The number of nitrogens with zero attached hydrogens (tertiary/aromatic N) is 1. The Morgan fingerprint density at radius 2 is 1.54 bits per heavy atom. The Labute approximate surface area is 203 Å². The summed E-state index contributed by atoms with van der Waals surface area (Å²) in [6.07, 6.45) is 1.85. The van der Waals surface area contributed by atoms with Gasteiger partial charge in [-0.1, -0.05) is 48.5 Å². The number of benzene rings is 3. The van der Waals surface area contributed by atoms with Crippen LogP contribution in [-0.2, 0) is 11.2 Å². The number of ether oxygens (including phenoxy) is 1. The average molecular weight is 476 g/mol. The molecule has 2 heterocycles. The van der Waals surface area contributed by atoms with Crippen molar-refractivity contribution in [1.82, 2.24) is 4.90 Å². The van der Waals surface area contributed by atoms with Crippen molar-refractivity contribution in [1.29, 1.82) is 0 Å². The normalized spacial score (nSPS) is 24.8. The Balaban J connectivity index is 1.15. The van der Waals surface area contributed by atoms with Crippen LogP contribution in [0, 0.1) is 11.6 Å². The van der Waals surface area contributed by atoms with Crippen LogP contribution in [-0.4, -0.2) is 40.4 Å². The molecular formula is C29H27F2NO3. The minimum absolute atomic E-state index is 0.0123. The van der Waals surface area contributed by atoms with Gasteiger partial charge in [0.2, 0.25) is 0 Å². The van der Waals surface area contributed by atoms with Gasteiger partial charge in [0.15, 0.2) is 0 Å². The SMILES string of the molecule is O=C(OCC1c2ccccc2-c2ccccc21)N1C2CCC1CC(O)(Cc1cc(F)ccc1F)C2. The van der Waals surface area contributed by atoms with E-state index in [1.807, 2.05) is 24.3 Å². The summed E-state index contributed by atoms with van der Waals surface area (Å²) in [5.41, 5.74) is 3.67. The van der Waals surface area contributed by atoms with Crippen molar-refractivity contribution in [2.24, 2.45) is 0 Å². The monoisotopic (exact) mass is 475 g/mol. The number of amides is 1. The molecule has 2 aliphatic heterocycles. The predicted octanol–water partition coefficient (Wildman–Crippen LogP) is 5.81. The summed E-state index contributed by atoms with van der Waals surface area (Å²) in [6, 6.07) is 19.4. The smallest absolute Gasteiger partial charge is 0.410 e. The highest BCUT2D eigenvalue weighted by Crippen LogP contribution is 2.46. The third-order valence-corrected chi connectivity index (χ3v) is 7.93. The molecule has 3 aromatic rings. The second-order valence-electron chi connectivity index (χ2n) is 10.1. The summed E-state index contributed by atoms with van der Waals surface area (Å²) < 4.78 is 33.7. The number of carbonyl (C=O) groups is 1. The largest absolute Gasteiger partial charge is 0.448 e. The van der Waals surface area contributed by atoms with E-state index in [0.717, 1.165) is 42.2 Å². The molecular weight excluding hydrogens is 448 g/mol. The van der Waals surface area contributed by atoms with Crippen LogP contribution in [0.2, 0.25) is 0 Å². The molecule has 6 rings (SSSR count). The van der Waals surface area contributed by atoms with E-state index >= 15 is 0 Å². The molecule has 0 saturated carbocycles. The quantitative estimate of drug-likeness (QED) is 0.518. The second-order valence-corrected chi connectivity index (χ2v) is 10.1. The van der Waals surface area contributed by atoms with Crippen LogP contribution in [0.3, 0.4) is 0 Å². The molecule has 0 aromatic heterocycles. The zero-order valence-electron chi connectivity index (χ0n) is 19.3. The van der Waals surface area contributed by atoms with E-state index < -0.39 is 17.2 Å². The number of aliphatic hydroxyl groups is 1. The van der Waals surface area contributed by atoms with E-state index in [2.05, 4.69) is 24.3 Å². The van der Waals surface area contributed by atoms with E-state index in [1.165, 1.54) is 11.1 Å². The first-order valence-electron chi connectivity index (χ1n) is 12.2. The number of hydrogen-bond donors (Lipinski definition) is 1. The maximum Gasteiger partial charge on any atom is 0.410 e. The molecule has 1 aliphatic carbocycles. The number of halogens is 2. The van der Waals surface area contributed by atoms with Gasteiger partial charge in [-0.3, -0.25) is 0 Å². The topological polar surface area (TPSA) is 49.8 Å². The Hall–Kier alpha value is -3.25. The van der Waals surface area contributed by atoms with Gasteiger partial charge in [-0.05, 0) is 71.7 Å². The summed E-state index contributed by atoms with van der Waals surface area (Å²) >= 11 is 0. The fourth-order valence-electron chi connectivity index (χ4n) is 6.47. The van der Waals surface area contributed by atoms with Gasteiger partial charge in [0.25, 0.3) is 0 Å². The summed E-state index contributed by atoms with van der Waals surface area (Å²) in [4.78, 5) is 15.0. The minimum atomic E-state index is -1.18. The van der Waals surface area contributed by atoms with Crippen LogP contribution < -0.4 is 0 Å². The van der Waals surface area contributed by atoms with Gasteiger partial charge in [0.1, 0.15) is 18.2 Å². The van der Waals surface area contributed by atoms with Gasteiger partial charge in [-0.25, -0.2) is 13.6 Å². The molecule has 35 heavy (non-hydrogen) atoms. The zero-order chi connectivity index (χ0) is 24.2. The third-order valence-electron chi connectivity index (χ3n) is 7.93. The van der Waals surface area contributed by atoms with Gasteiger partial charge in [-0.2, -0.15) is 0 Å². The summed E-state index contributed by atoms with van der Waals surface area (Å²) in [5, 5.41) is 11.3. The van der Waals surface area contributed by atoms with Crippen molar-refractivity contribution in [2.75, 3.05) is 6.61 Å². The Bertz CT molecular complexity index is 1230. The zero-order valence-corrected chi connectivity index (χ0v) is 19.3. The predicted molar refractivity (Wildman–Crippen MR) is 128 cm³/mol. The number of carbonyl (C=O) groups excluding carboxylic acids is 1. The maximum absolute atomic E-state index is 14.2. The lowest BCUT2D eigenvalue weighted by Gasteiger charge is -2.43. The molecule has 2 unspecified atom stereocenters. The summed E-state index contributed by atoms with van der Waals surface area (Å²) in [6.45, 7) is 0.252. The standard InChI is InChI=1S/C29H27F2NO3/c30-19-9-12-27(31)18(13-19)14-29(34)15-20-10-11-21(16-29)32(20)28(33)35-17-26-24-7-3-1-5-22(24)23-6-2-4-8-25(23)26/h1-9,12-13,20-21,26,34H,10-11,14-17H2. The van der Waals surface area contributed by atoms with Gasteiger partial charge < -0.3 is 14.7 Å². The molecule has 0 spiro atoms. The first-order valence-corrected chi connectivity index (χ1v) is 12.2. The minimum Gasteiger partial charge on any atom is -0.448 e. The van der Waals surface area contributed by atoms with Crippen LogP contribution in [0.5, 0.6) is 0 Å². The lowest BCUT2D eigenvalue weighted by molar-refractivity contribution is -0.0484. The summed E-state index contributed by atoms with van der Waals surface area (Å²) in [5.74, 6) is -1.06. The van der Waals surface area contributed by atoms with Gasteiger partial charge >= 0.3 is 6.09 Å². The molecule has 1 amide bonds. The fourth-order valence-corrected chi connectivity index (χ4v) is 6.47. The molecule has 2 fully saturated rings. The average Bonchev–Trinajstić information content (AvgIpc) is 3.32. The Morgan fingerprint density at radius 3 is 2.17 bits per heavy atom. The summed E-state index contributed by atoms with van der Waals surface area (Å²) in [7, 11) is 0. The lowest BCUT2D eigenvalue weighted by Crippen LogP contribution is -2.54. The van der Waals surface area contributed by atoms with Crippen molar-refractivity contribution >= 4 is 6.09 Å². The van der Waals surface area contributed by atoms with Crippen molar-refractivity contribution in [3.05, 3.63) is 95.1 Å². The number of piperidine rings is 1. The van der Waals surface area contributed by atoms with Gasteiger partial charge in [-0.15, -0.1) is 0 Å². The first-order chi connectivity index (χ1) is 16.9. The number of fused-ring (bicyclic) bond motifs is 5. The first kappa shape index (κ1) is 22.2. The van der Waals surface area contributed by atoms with Crippen molar-refractivity contribution in [2.45, 2.75) is 55.7 Å². The van der Waals surface area contributed by atoms with Gasteiger partial charge in [0, 0.05) is 24.4 Å². The van der Waals surface area contributed by atoms with E-state index in [4.69, 9.17) is 4.74 Å². The fraction of sp³-hybridized carbons (Fsp3) is 0.345. The molecule has 2 atom stereocenters. The highest BCUT2D eigenvalue weighted by Gasteiger charge is 2.50. The van der Waals surface area contributed by atoms with Crippen LogP contribution in [0.1, 0.15) is 48.3 Å². The van der Waals surface area contributed by atoms with Crippen molar-refractivity contribution in [3.8, 4) is 11.1 Å². The molecule has 4 nitrogen and oxygen atoms in total. The molecule has 3 aromatic carbocycles. The van der Waals surface area contributed by atoms with Crippen LogP contribution >= 0.6 is 0 Å². The second kappa shape index (κ2) is 8.45. The lowest BCUT2D eigenvalue weighted by atomic mass is 9.81. The van der Waals surface area contributed by atoms with E-state index in [1.54, 1.807) is 4.90 Å². The molecule has 2 bridgehead atoms. The molecule has 3 aliphatic rings. The number of hydrogen-bond acceptors (Lipinski definition) is 3. The molecule has 6 heteroatoms. The van der Waals surface area contributed by atoms with Crippen molar-refractivity contribution < 1.29 is 23.4 Å². The molecule has 0 radical (unpaired) electrons. The highest BCUT2D eigenvalue weighted by molar-refractivity contribution is 5.79. The number of rotatable bonds is 4. The third kappa shape index (κ3) is 3.90. The van der Waals surface area contributed by atoms with Crippen molar-refractivity contribution in [3.63, 3.8) is 0 Å².